The van der Waals surface area contributed by atoms with Crippen molar-refractivity contribution in [1.82, 2.24) is 34.8 Å². The van der Waals surface area contributed by atoms with Crippen LogP contribution in [0.4, 0.5) is 5.69 Å². The Hall–Kier alpha value is -3.62. The molecule has 1 aromatic carbocycles. The fourth-order valence-corrected chi connectivity index (χ4v) is 3.19. The van der Waals surface area contributed by atoms with Crippen molar-refractivity contribution >= 4 is 17.4 Å². The molecular formula is C19H20N8O. The molecule has 0 spiro atoms. The Bertz CT molecular complexity index is 1160. The molecule has 142 valence electrons. The van der Waals surface area contributed by atoms with Crippen molar-refractivity contribution in [3.63, 3.8) is 0 Å². The minimum atomic E-state index is -0.0687. The maximum absolute atomic E-state index is 12.5. The number of carbonyl (C=O) groups excluding carboxylic acids is 1. The largest absolute Gasteiger partial charge is 0.326 e. The zero-order valence-corrected chi connectivity index (χ0v) is 15.9. The van der Waals surface area contributed by atoms with Crippen LogP contribution in [-0.4, -0.2) is 40.7 Å². The number of carbonyl (C=O) groups is 1. The predicted octanol–water partition coefficient (Wildman–Crippen LogP) is 2.41. The minimum Gasteiger partial charge on any atom is -0.326 e. The molecule has 0 unspecified atom stereocenters. The van der Waals surface area contributed by atoms with Crippen LogP contribution in [0.2, 0.25) is 0 Å². The van der Waals surface area contributed by atoms with E-state index in [0.29, 0.717) is 30.1 Å². The SMILES string of the molecule is Cc1nc(-c2cccc(NC(=O)CCc3c(C)nc4ncnn4c3C)c2)n[nH]1. The molecule has 2 N–H and O–H groups in total. The number of rotatable bonds is 5. The fraction of sp³-hybridized carbons (Fsp3) is 0.263. The van der Waals surface area contributed by atoms with Gasteiger partial charge in [0.2, 0.25) is 5.91 Å². The summed E-state index contributed by atoms with van der Waals surface area (Å²) < 4.78 is 1.70. The topological polar surface area (TPSA) is 114 Å². The Morgan fingerprint density at radius 2 is 2.07 bits per heavy atom. The quantitative estimate of drug-likeness (QED) is 0.553. The average molecular weight is 376 g/mol. The van der Waals surface area contributed by atoms with E-state index in [1.165, 1.54) is 6.33 Å². The van der Waals surface area contributed by atoms with E-state index in [2.05, 4.69) is 35.6 Å². The summed E-state index contributed by atoms with van der Waals surface area (Å²) >= 11 is 0. The summed E-state index contributed by atoms with van der Waals surface area (Å²) in [6.07, 6.45) is 2.40. The number of hydrogen-bond acceptors (Lipinski definition) is 6. The van der Waals surface area contributed by atoms with Crippen LogP contribution in [0.5, 0.6) is 0 Å². The van der Waals surface area contributed by atoms with E-state index in [0.717, 1.165) is 28.3 Å². The second-order valence-corrected chi connectivity index (χ2v) is 6.61. The number of amides is 1. The number of aromatic nitrogens is 7. The van der Waals surface area contributed by atoms with Crippen molar-refractivity contribution in [1.29, 1.82) is 0 Å². The van der Waals surface area contributed by atoms with Gasteiger partial charge in [0, 0.05) is 29.1 Å². The van der Waals surface area contributed by atoms with E-state index in [1.807, 2.05) is 45.0 Å². The molecule has 3 aromatic heterocycles. The van der Waals surface area contributed by atoms with Crippen LogP contribution in [0.25, 0.3) is 17.2 Å². The molecule has 3 heterocycles. The summed E-state index contributed by atoms with van der Waals surface area (Å²) in [6, 6.07) is 7.48. The maximum atomic E-state index is 12.5. The van der Waals surface area contributed by atoms with Gasteiger partial charge in [0.15, 0.2) is 5.82 Å². The second kappa shape index (κ2) is 7.18. The van der Waals surface area contributed by atoms with Gasteiger partial charge in [-0.1, -0.05) is 12.1 Å². The van der Waals surface area contributed by atoms with Crippen molar-refractivity contribution in [3.05, 3.63) is 53.4 Å². The van der Waals surface area contributed by atoms with Crippen LogP contribution in [0.3, 0.4) is 0 Å². The zero-order valence-electron chi connectivity index (χ0n) is 15.9. The van der Waals surface area contributed by atoms with E-state index < -0.39 is 0 Å². The van der Waals surface area contributed by atoms with Crippen LogP contribution < -0.4 is 5.32 Å². The molecule has 4 rings (SSSR count). The molecule has 0 saturated carbocycles. The van der Waals surface area contributed by atoms with Crippen molar-refractivity contribution in [3.8, 4) is 11.4 Å². The average Bonchev–Trinajstić information content (AvgIpc) is 3.30. The predicted molar refractivity (Wildman–Crippen MR) is 104 cm³/mol. The molecule has 0 saturated heterocycles. The van der Waals surface area contributed by atoms with E-state index in [1.54, 1.807) is 4.52 Å². The maximum Gasteiger partial charge on any atom is 0.252 e. The first-order valence-corrected chi connectivity index (χ1v) is 8.96. The Labute approximate surface area is 161 Å². The highest BCUT2D eigenvalue weighted by Crippen LogP contribution is 2.20. The molecule has 0 aliphatic heterocycles. The van der Waals surface area contributed by atoms with Gasteiger partial charge >= 0.3 is 0 Å². The molecule has 0 fully saturated rings. The third kappa shape index (κ3) is 3.46. The lowest BCUT2D eigenvalue weighted by molar-refractivity contribution is -0.116. The highest BCUT2D eigenvalue weighted by atomic mass is 16.1. The number of hydrogen-bond donors (Lipinski definition) is 2. The Kier molecular flexibility index (Phi) is 4.56. The number of anilines is 1. The highest BCUT2D eigenvalue weighted by molar-refractivity contribution is 5.91. The normalized spacial score (nSPS) is 11.1. The summed E-state index contributed by atoms with van der Waals surface area (Å²) in [5, 5.41) is 14.1. The van der Waals surface area contributed by atoms with E-state index in [-0.39, 0.29) is 5.91 Å². The minimum absolute atomic E-state index is 0.0687. The van der Waals surface area contributed by atoms with Gasteiger partial charge in [0.05, 0.1) is 0 Å². The van der Waals surface area contributed by atoms with E-state index in [4.69, 9.17) is 0 Å². The molecule has 0 aliphatic carbocycles. The van der Waals surface area contributed by atoms with Gasteiger partial charge < -0.3 is 5.32 Å². The second-order valence-electron chi connectivity index (χ2n) is 6.61. The monoisotopic (exact) mass is 376 g/mol. The molecule has 0 atom stereocenters. The van der Waals surface area contributed by atoms with Gasteiger partial charge in [-0.2, -0.15) is 15.2 Å². The summed E-state index contributed by atoms with van der Waals surface area (Å²) in [5.41, 5.74) is 4.39. The van der Waals surface area contributed by atoms with Crippen molar-refractivity contribution in [2.24, 2.45) is 0 Å². The molecule has 0 aliphatic rings. The van der Waals surface area contributed by atoms with E-state index in [9.17, 15) is 4.79 Å². The Morgan fingerprint density at radius 1 is 1.21 bits per heavy atom. The number of nitrogens with one attached hydrogen (secondary N) is 2. The molecule has 28 heavy (non-hydrogen) atoms. The molecule has 1 amide bonds. The lowest BCUT2D eigenvalue weighted by Crippen LogP contribution is -2.14. The standard InChI is InChI=1S/C19H20N8O/c1-11-16(12(2)27-19(22-11)20-10-21-27)7-8-17(28)24-15-6-4-5-14(9-15)18-23-13(3)25-26-18/h4-6,9-10H,7-8H2,1-3H3,(H,24,28)(H,23,25,26). The smallest absolute Gasteiger partial charge is 0.252 e. The molecule has 9 nitrogen and oxygen atoms in total. The number of aromatic amines is 1. The number of fused-ring (bicyclic) bond motifs is 1. The Morgan fingerprint density at radius 3 is 2.86 bits per heavy atom. The number of H-pyrrole nitrogens is 1. The number of benzene rings is 1. The highest BCUT2D eigenvalue weighted by Gasteiger charge is 2.13. The summed E-state index contributed by atoms with van der Waals surface area (Å²) in [7, 11) is 0. The van der Waals surface area contributed by atoms with Gasteiger partial charge in [-0.3, -0.25) is 9.89 Å². The molecule has 0 bridgehead atoms. The summed E-state index contributed by atoms with van der Waals surface area (Å²) in [6.45, 7) is 5.74. The number of aryl methyl sites for hydroxylation is 3. The van der Waals surface area contributed by atoms with Crippen LogP contribution >= 0.6 is 0 Å². The first-order chi connectivity index (χ1) is 13.5. The third-order valence-electron chi connectivity index (χ3n) is 4.59. The lowest BCUT2D eigenvalue weighted by atomic mass is 10.1. The van der Waals surface area contributed by atoms with Gasteiger partial charge in [-0.05, 0) is 44.9 Å². The molecule has 9 heteroatoms. The summed E-state index contributed by atoms with van der Waals surface area (Å²) in [4.78, 5) is 25.4. The number of nitrogens with zero attached hydrogens (tertiary/aromatic N) is 6. The van der Waals surface area contributed by atoms with Gasteiger partial charge in [-0.25, -0.2) is 14.5 Å². The van der Waals surface area contributed by atoms with E-state index >= 15 is 0 Å². The molecular weight excluding hydrogens is 356 g/mol. The van der Waals surface area contributed by atoms with Crippen LogP contribution in [0.15, 0.2) is 30.6 Å². The van der Waals surface area contributed by atoms with Gasteiger partial charge in [-0.15, -0.1) is 0 Å². The third-order valence-corrected chi connectivity index (χ3v) is 4.59. The van der Waals surface area contributed by atoms with Crippen LogP contribution in [-0.2, 0) is 11.2 Å². The van der Waals surface area contributed by atoms with Crippen molar-refractivity contribution in [2.75, 3.05) is 5.32 Å². The zero-order chi connectivity index (χ0) is 19.7. The van der Waals surface area contributed by atoms with Crippen molar-refractivity contribution in [2.45, 2.75) is 33.6 Å². The lowest BCUT2D eigenvalue weighted by Gasteiger charge is -2.11. The Balaban J connectivity index is 1.45. The fourth-order valence-electron chi connectivity index (χ4n) is 3.19. The van der Waals surface area contributed by atoms with Gasteiger partial charge in [0.25, 0.3) is 5.78 Å². The summed E-state index contributed by atoms with van der Waals surface area (Å²) in [5.74, 6) is 1.85. The molecule has 4 aromatic rings. The first-order valence-electron chi connectivity index (χ1n) is 8.96. The van der Waals surface area contributed by atoms with Crippen LogP contribution in [0.1, 0.15) is 29.2 Å². The first kappa shape index (κ1) is 17.8. The van der Waals surface area contributed by atoms with Gasteiger partial charge in [0.1, 0.15) is 12.2 Å². The van der Waals surface area contributed by atoms with Crippen LogP contribution in [0, 0.1) is 20.8 Å². The molecule has 0 radical (unpaired) electrons. The van der Waals surface area contributed by atoms with Crippen molar-refractivity contribution < 1.29 is 4.79 Å².